The van der Waals surface area contributed by atoms with Crippen LogP contribution in [0.2, 0.25) is 0 Å². The highest BCUT2D eigenvalue weighted by molar-refractivity contribution is 5.75. The zero-order chi connectivity index (χ0) is 10.4. The number of hydrogen-bond acceptors (Lipinski definition) is 5. The van der Waals surface area contributed by atoms with Gasteiger partial charge in [0.25, 0.3) is 0 Å². The molecule has 0 amide bonds. The van der Waals surface area contributed by atoms with Crippen molar-refractivity contribution in [2.75, 3.05) is 26.4 Å². The summed E-state index contributed by atoms with van der Waals surface area (Å²) in [7, 11) is 0. The minimum atomic E-state index is -0.706. The first-order valence-corrected chi connectivity index (χ1v) is 4.85. The maximum absolute atomic E-state index is 11.2. The van der Waals surface area contributed by atoms with E-state index in [1.807, 2.05) is 0 Å². The molecule has 0 radical (unpaired) electrons. The highest BCUT2D eigenvalue weighted by Crippen LogP contribution is 2.12. The molecule has 0 saturated carbocycles. The van der Waals surface area contributed by atoms with Crippen LogP contribution in [0.4, 0.5) is 0 Å². The summed E-state index contributed by atoms with van der Waals surface area (Å²) in [5.74, 6) is -0.133. The lowest BCUT2D eigenvalue weighted by Gasteiger charge is -2.12. The van der Waals surface area contributed by atoms with Gasteiger partial charge in [-0.1, -0.05) is 0 Å². The van der Waals surface area contributed by atoms with E-state index in [9.17, 15) is 4.79 Å². The Labute approximate surface area is 83.2 Å². The molecule has 0 spiro atoms. The summed E-state index contributed by atoms with van der Waals surface area (Å²) in [5.41, 5.74) is 5.45. The summed E-state index contributed by atoms with van der Waals surface area (Å²) in [4.78, 5) is 11.2. The lowest BCUT2D eigenvalue weighted by Crippen LogP contribution is -2.34. The van der Waals surface area contributed by atoms with Crippen LogP contribution in [0.1, 0.15) is 12.8 Å². The largest absolute Gasteiger partial charge is 0.464 e. The lowest BCUT2D eigenvalue weighted by atomic mass is 10.1. The van der Waals surface area contributed by atoms with Crippen LogP contribution in [0, 0.1) is 5.92 Å². The van der Waals surface area contributed by atoms with Gasteiger partial charge in [-0.25, -0.2) is 0 Å². The van der Waals surface area contributed by atoms with Gasteiger partial charge in [-0.3, -0.25) is 4.79 Å². The van der Waals surface area contributed by atoms with Crippen molar-refractivity contribution in [2.45, 2.75) is 18.9 Å². The van der Waals surface area contributed by atoms with Crippen LogP contribution in [0.5, 0.6) is 0 Å². The van der Waals surface area contributed by atoms with Gasteiger partial charge in [0.1, 0.15) is 6.04 Å². The van der Waals surface area contributed by atoms with Gasteiger partial charge in [0.05, 0.1) is 13.2 Å². The van der Waals surface area contributed by atoms with E-state index >= 15 is 0 Å². The van der Waals surface area contributed by atoms with Crippen LogP contribution in [0.3, 0.4) is 0 Å². The summed E-state index contributed by atoms with van der Waals surface area (Å²) < 4.78 is 10.1. The smallest absolute Gasteiger partial charge is 0.323 e. The molecule has 2 atom stereocenters. The van der Waals surface area contributed by atoms with Crippen molar-refractivity contribution in [3.63, 3.8) is 0 Å². The monoisotopic (exact) mass is 203 g/mol. The van der Waals surface area contributed by atoms with Crippen LogP contribution >= 0.6 is 0 Å². The third kappa shape index (κ3) is 3.61. The molecule has 1 rings (SSSR count). The van der Waals surface area contributed by atoms with Gasteiger partial charge in [-0.05, 0) is 12.8 Å². The van der Waals surface area contributed by atoms with Crippen molar-refractivity contribution in [1.82, 2.24) is 0 Å². The summed E-state index contributed by atoms with van der Waals surface area (Å²) in [6.07, 6.45) is 1.18. The molecule has 1 aliphatic heterocycles. The molecule has 0 aromatic rings. The van der Waals surface area contributed by atoms with Gasteiger partial charge in [0.2, 0.25) is 0 Å². The Balaban J connectivity index is 2.13. The topological polar surface area (TPSA) is 81.8 Å². The van der Waals surface area contributed by atoms with Gasteiger partial charge in [-0.15, -0.1) is 0 Å². The molecule has 0 bridgehead atoms. The number of aliphatic hydroxyl groups excluding tert-OH is 1. The fraction of sp³-hybridized carbons (Fsp3) is 0.889. The Morgan fingerprint density at radius 2 is 2.50 bits per heavy atom. The molecule has 1 unspecified atom stereocenters. The van der Waals surface area contributed by atoms with E-state index in [4.69, 9.17) is 20.3 Å². The van der Waals surface area contributed by atoms with Gasteiger partial charge in [0, 0.05) is 19.1 Å². The van der Waals surface area contributed by atoms with Crippen molar-refractivity contribution in [1.29, 1.82) is 0 Å². The molecule has 1 saturated heterocycles. The number of nitrogens with two attached hydrogens (primary N) is 1. The number of hydrogen-bond donors (Lipinski definition) is 2. The molecule has 5 nitrogen and oxygen atoms in total. The average molecular weight is 203 g/mol. The minimum Gasteiger partial charge on any atom is -0.464 e. The molecule has 0 aromatic carbocycles. The summed E-state index contributed by atoms with van der Waals surface area (Å²) in [6, 6.07) is -0.706. The second-order valence-electron chi connectivity index (χ2n) is 3.48. The number of ether oxygens (including phenoxy) is 2. The second kappa shape index (κ2) is 5.95. The quantitative estimate of drug-likeness (QED) is 0.576. The maximum atomic E-state index is 11.2. The van der Waals surface area contributed by atoms with Crippen molar-refractivity contribution in [2.24, 2.45) is 11.7 Å². The van der Waals surface area contributed by atoms with Crippen LogP contribution in [-0.4, -0.2) is 43.5 Å². The maximum Gasteiger partial charge on any atom is 0.323 e. The minimum absolute atomic E-state index is 0.0944. The van der Waals surface area contributed by atoms with E-state index in [0.717, 1.165) is 13.0 Å². The second-order valence-corrected chi connectivity index (χ2v) is 3.48. The Morgan fingerprint density at radius 1 is 1.71 bits per heavy atom. The van der Waals surface area contributed by atoms with Gasteiger partial charge in [0.15, 0.2) is 0 Å². The number of carbonyl (C=O) groups excluding carboxylic acids is 1. The average Bonchev–Trinajstić information content (AvgIpc) is 2.67. The van der Waals surface area contributed by atoms with Crippen molar-refractivity contribution >= 4 is 5.97 Å². The molecule has 1 aliphatic rings. The number of carbonyl (C=O) groups is 1. The Morgan fingerprint density at radius 3 is 3.07 bits per heavy atom. The van der Waals surface area contributed by atoms with Crippen LogP contribution in [0.15, 0.2) is 0 Å². The molecule has 5 heteroatoms. The van der Waals surface area contributed by atoms with Gasteiger partial charge >= 0.3 is 5.97 Å². The van der Waals surface area contributed by atoms with Crippen LogP contribution in [-0.2, 0) is 14.3 Å². The first-order valence-electron chi connectivity index (χ1n) is 4.85. The number of esters is 1. The van der Waals surface area contributed by atoms with Crippen molar-refractivity contribution < 1.29 is 19.4 Å². The van der Waals surface area contributed by atoms with E-state index in [1.165, 1.54) is 0 Å². The first kappa shape index (κ1) is 11.4. The molecular formula is C9H17NO4. The Hall–Kier alpha value is -0.650. The van der Waals surface area contributed by atoms with Crippen LogP contribution in [0.25, 0.3) is 0 Å². The molecule has 3 N–H and O–H groups in total. The van der Waals surface area contributed by atoms with Crippen molar-refractivity contribution in [3.8, 4) is 0 Å². The fourth-order valence-electron chi connectivity index (χ4n) is 1.28. The SMILES string of the molecule is N[C@@H](CCO)C(=O)OCC1CCOC1. The molecule has 14 heavy (non-hydrogen) atoms. The molecule has 1 fully saturated rings. The molecule has 0 aromatic heterocycles. The standard InChI is InChI=1S/C9H17NO4/c10-8(1-3-11)9(12)14-6-7-2-4-13-5-7/h7-8,11H,1-6,10H2/t7?,8-/m0/s1. The Bertz CT molecular complexity index is 180. The normalized spacial score (nSPS) is 23.4. The van der Waals surface area contributed by atoms with Crippen molar-refractivity contribution in [3.05, 3.63) is 0 Å². The Kier molecular flexibility index (Phi) is 4.86. The molecular weight excluding hydrogens is 186 g/mol. The third-order valence-electron chi connectivity index (χ3n) is 2.23. The summed E-state index contributed by atoms with van der Waals surface area (Å²) in [5, 5.41) is 8.56. The van der Waals surface area contributed by atoms with E-state index in [-0.39, 0.29) is 13.0 Å². The molecule has 82 valence electrons. The van der Waals surface area contributed by atoms with E-state index in [1.54, 1.807) is 0 Å². The van der Waals surface area contributed by atoms with E-state index < -0.39 is 12.0 Å². The zero-order valence-electron chi connectivity index (χ0n) is 8.15. The predicted octanol–water partition coefficient (Wildman–Crippen LogP) is -0.724. The van der Waals surface area contributed by atoms with Gasteiger partial charge < -0.3 is 20.3 Å². The lowest BCUT2D eigenvalue weighted by molar-refractivity contribution is -0.147. The van der Waals surface area contributed by atoms with E-state index in [2.05, 4.69) is 0 Å². The molecule has 0 aliphatic carbocycles. The van der Waals surface area contributed by atoms with E-state index in [0.29, 0.717) is 19.1 Å². The van der Waals surface area contributed by atoms with Crippen LogP contribution < -0.4 is 5.73 Å². The molecule has 1 heterocycles. The fourth-order valence-corrected chi connectivity index (χ4v) is 1.28. The summed E-state index contributed by atoms with van der Waals surface area (Å²) >= 11 is 0. The number of rotatable bonds is 5. The highest BCUT2D eigenvalue weighted by Gasteiger charge is 2.20. The highest BCUT2D eigenvalue weighted by atomic mass is 16.5. The van der Waals surface area contributed by atoms with Gasteiger partial charge in [-0.2, -0.15) is 0 Å². The predicted molar refractivity (Wildman–Crippen MR) is 49.6 cm³/mol. The summed E-state index contributed by atoms with van der Waals surface area (Å²) in [6.45, 7) is 1.67. The zero-order valence-corrected chi connectivity index (χ0v) is 8.15. The number of aliphatic hydroxyl groups is 1. The third-order valence-corrected chi connectivity index (χ3v) is 2.23. The first-order chi connectivity index (χ1) is 6.74.